The van der Waals surface area contributed by atoms with Gasteiger partial charge in [-0.1, -0.05) is 12.1 Å². The molecule has 0 radical (unpaired) electrons. The van der Waals surface area contributed by atoms with Crippen molar-refractivity contribution < 1.29 is 14.3 Å². The molecule has 1 fully saturated rings. The molecule has 1 aliphatic heterocycles. The molecule has 0 bridgehead atoms. The van der Waals surface area contributed by atoms with Gasteiger partial charge in [0.05, 0.1) is 12.7 Å². The van der Waals surface area contributed by atoms with Crippen molar-refractivity contribution in [2.24, 2.45) is 7.05 Å². The van der Waals surface area contributed by atoms with Crippen molar-refractivity contribution in [1.82, 2.24) is 20.0 Å². The summed E-state index contributed by atoms with van der Waals surface area (Å²) in [5.74, 6) is 0.288. The number of aryl methyl sites for hydroxylation is 1. The number of amides is 2. The zero-order valence-corrected chi connectivity index (χ0v) is 12.9. The zero-order valence-electron chi connectivity index (χ0n) is 12.9. The molecule has 7 heteroatoms. The number of rotatable bonds is 4. The molecule has 1 aromatic heterocycles. The van der Waals surface area contributed by atoms with Crippen LogP contribution in [0.2, 0.25) is 0 Å². The quantitative estimate of drug-likeness (QED) is 0.887. The van der Waals surface area contributed by atoms with Crippen LogP contribution >= 0.6 is 0 Å². The fourth-order valence-corrected chi connectivity index (χ4v) is 2.42. The summed E-state index contributed by atoms with van der Waals surface area (Å²) >= 11 is 0. The van der Waals surface area contributed by atoms with Gasteiger partial charge in [-0.3, -0.25) is 14.3 Å². The normalized spacial score (nSPS) is 14.5. The van der Waals surface area contributed by atoms with E-state index in [1.807, 2.05) is 31.4 Å². The van der Waals surface area contributed by atoms with Crippen LogP contribution in [0.4, 0.5) is 0 Å². The van der Waals surface area contributed by atoms with Gasteiger partial charge >= 0.3 is 0 Å². The van der Waals surface area contributed by atoms with Gasteiger partial charge in [0.2, 0.25) is 5.91 Å². The smallest absolute Gasteiger partial charge is 0.261 e. The Morgan fingerprint density at radius 3 is 3.00 bits per heavy atom. The number of carbonyl (C=O) groups excluding carboxylic acids is 2. The Morgan fingerprint density at radius 2 is 2.26 bits per heavy atom. The Morgan fingerprint density at radius 1 is 1.39 bits per heavy atom. The van der Waals surface area contributed by atoms with Crippen LogP contribution in [-0.4, -0.2) is 52.7 Å². The van der Waals surface area contributed by atoms with Crippen molar-refractivity contribution in [2.45, 2.75) is 0 Å². The number of piperazine rings is 1. The summed E-state index contributed by atoms with van der Waals surface area (Å²) < 4.78 is 7.31. The second-order valence-electron chi connectivity index (χ2n) is 5.38. The first-order valence-electron chi connectivity index (χ1n) is 7.38. The summed E-state index contributed by atoms with van der Waals surface area (Å²) in [6.07, 6.45) is 3.69. The molecule has 23 heavy (non-hydrogen) atoms. The first-order chi connectivity index (χ1) is 11.1. The molecule has 0 aliphatic carbocycles. The van der Waals surface area contributed by atoms with Crippen molar-refractivity contribution in [3.8, 4) is 16.9 Å². The van der Waals surface area contributed by atoms with Crippen LogP contribution in [0.3, 0.4) is 0 Å². The molecule has 0 saturated carbocycles. The predicted octanol–water partition coefficient (Wildman–Crippen LogP) is 0.424. The van der Waals surface area contributed by atoms with E-state index < -0.39 is 0 Å². The Kier molecular flexibility index (Phi) is 4.27. The fraction of sp³-hybridized carbons (Fsp3) is 0.312. The maximum Gasteiger partial charge on any atom is 0.261 e. The van der Waals surface area contributed by atoms with Crippen LogP contribution in [0.5, 0.6) is 5.75 Å². The molecule has 120 valence electrons. The van der Waals surface area contributed by atoms with Gasteiger partial charge in [0.25, 0.3) is 5.91 Å². The van der Waals surface area contributed by atoms with Gasteiger partial charge in [0.15, 0.2) is 6.61 Å². The molecule has 2 amide bonds. The summed E-state index contributed by atoms with van der Waals surface area (Å²) in [4.78, 5) is 24.9. The van der Waals surface area contributed by atoms with E-state index in [-0.39, 0.29) is 25.0 Å². The second kappa shape index (κ2) is 6.51. The molecule has 1 N–H and O–H groups in total. The average Bonchev–Trinajstić information content (AvgIpc) is 2.99. The minimum absolute atomic E-state index is 0.0796. The summed E-state index contributed by atoms with van der Waals surface area (Å²) in [6.45, 7) is 1.02. The SMILES string of the molecule is Cn1cc(-c2cccc(OCC(=O)N3CCNC(=O)C3)c2)cn1. The van der Waals surface area contributed by atoms with Gasteiger partial charge in [0.1, 0.15) is 5.75 Å². The Balaban J connectivity index is 1.62. The molecule has 0 unspecified atom stereocenters. The summed E-state index contributed by atoms with van der Waals surface area (Å²) in [6, 6.07) is 7.50. The van der Waals surface area contributed by atoms with Crippen molar-refractivity contribution in [2.75, 3.05) is 26.2 Å². The van der Waals surface area contributed by atoms with Crippen molar-refractivity contribution in [3.63, 3.8) is 0 Å². The maximum atomic E-state index is 12.1. The minimum Gasteiger partial charge on any atom is -0.484 e. The number of nitrogens with zero attached hydrogens (tertiary/aromatic N) is 3. The van der Waals surface area contributed by atoms with Gasteiger partial charge < -0.3 is 15.0 Å². The summed E-state index contributed by atoms with van der Waals surface area (Å²) in [7, 11) is 1.86. The zero-order chi connectivity index (χ0) is 16.2. The van der Waals surface area contributed by atoms with Crippen LogP contribution in [-0.2, 0) is 16.6 Å². The lowest BCUT2D eigenvalue weighted by Gasteiger charge is -2.26. The maximum absolute atomic E-state index is 12.1. The third-order valence-electron chi connectivity index (χ3n) is 3.63. The van der Waals surface area contributed by atoms with Crippen LogP contribution in [0.1, 0.15) is 0 Å². The molecular formula is C16H18N4O3. The molecule has 3 rings (SSSR count). The van der Waals surface area contributed by atoms with E-state index in [1.165, 1.54) is 4.90 Å². The molecular weight excluding hydrogens is 296 g/mol. The molecule has 1 aliphatic rings. The van der Waals surface area contributed by atoms with E-state index in [9.17, 15) is 9.59 Å². The van der Waals surface area contributed by atoms with E-state index in [1.54, 1.807) is 16.9 Å². The van der Waals surface area contributed by atoms with E-state index in [2.05, 4.69) is 10.4 Å². The Hall–Kier alpha value is -2.83. The summed E-state index contributed by atoms with van der Waals surface area (Å²) in [5, 5.41) is 6.83. The molecule has 0 atom stereocenters. The highest BCUT2D eigenvalue weighted by Gasteiger charge is 2.21. The van der Waals surface area contributed by atoms with Crippen LogP contribution < -0.4 is 10.1 Å². The first kappa shape index (κ1) is 15.1. The fourth-order valence-electron chi connectivity index (χ4n) is 2.42. The monoisotopic (exact) mass is 314 g/mol. The van der Waals surface area contributed by atoms with E-state index >= 15 is 0 Å². The number of ether oxygens (including phenoxy) is 1. The number of benzene rings is 1. The van der Waals surface area contributed by atoms with Crippen LogP contribution in [0.15, 0.2) is 36.7 Å². The van der Waals surface area contributed by atoms with Crippen molar-refractivity contribution in [1.29, 1.82) is 0 Å². The van der Waals surface area contributed by atoms with E-state index in [0.29, 0.717) is 18.8 Å². The number of hydrogen-bond acceptors (Lipinski definition) is 4. The number of nitrogens with one attached hydrogen (secondary N) is 1. The molecule has 2 heterocycles. The lowest BCUT2D eigenvalue weighted by Crippen LogP contribution is -2.51. The first-order valence-corrected chi connectivity index (χ1v) is 7.38. The predicted molar refractivity (Wildman–Crippen MR) is 83.7 cm³/mol. The number of hydrogen-bond donors (Lipinski definition) is 1. The summed E-state index contributed by atoms with van der Waals surface area (Å²) in [5.41, 5.74) is 1.96. The van der Waals surface area contributed by atoms with Crippen molar-refractivity contribution in [3.05, 3.63) is 36.7 Å². The molecule has 1 aromatic carbocycles. The molecule has 0 spiro atoms. The molecule has 1 saturated heterocycles. The minimum atomic E-state index is -0.188. The molecule has 7 nitrogen and oxygen atoms in total. The lowest BCUT2D eigenvalue weighted by molar-refractivity contribution is -0.139. The topological polar surface area (TPSA) is 76.5 Å². The van der Waals surface area contributed by atoms with Crippen molar-refractivity contribution >= 4 is 11.8 Å². The van der Waals surface area contributed by atoms with E-state index in [4.69, 9.17) is 4.74 Å². The standard InChI is InChI=1S/C16H18N4O3/c1-19-9-13(8-18-19)12-3-2-4-14(7-12)23-11-16(22)20-6-5-17-15(21)10-20/h2-4,7-9H,5-6,10-11H2,1H3,(H,17,21). The Labute approximate surface area is 133 Å². The van der Waals surface area contributed by atoms with Gasteiger partial charge in [-0.15, -0.1) is 0 Å². The average molecular weight is 314 g/mol. The second-order valence-corrected chi connectivity index (χ2v) is 5.38. The Bertz CT molecular complexity index is 726. The third-order valence-corrected chi connectivity index (χ3v) is 3.63. The number of aromatic nitrogens is 2. The van der Waals surface area contributed by atoms with Crippen LogP contribution in [0.25, 0.3) is 11.1 Å². The van der Waals surface area contributed by atoms with Gasteiger partial charge in [-0.25, -0.2) is 0 Å². The van der Waals surface area contributed by atoms with Gasteiger partial charge in [-0.05, 0) is 17.7 Å². The highest BCUT2D eigenvalue weighted by atomic mass is 16.5. The largest absolute Gasteiger partial charge is 0.484 e. The lowest BCUT2D eigenvalue weighted by atomic mass is 10.1. The molecule has 2 aromatic rings. The number of carbonyl (C=O) groups is 2. The third kappa shape index (κ3) is 3.68. The van der Waals surface area contributed by atoms with Crippen LogP contribution in [0, 0.1) is 0 Å². The highest BCUT2D eigenvalue weighted by molar-refractivity contribution is 5.86. The van der Waals surface area contributed by atoms with E-state index in [0.717, 1.165) is 11.1 Å². The van der Waals surface area contributed by atoms with Gasteiger partial charge in [-0.2, -0.15) is 5.10 Å². The highest BCUT2D eigenvalue weighted by Crippen LogP contribution is 2.23. The van der Waals surface area contributed by atoms with Gasteiger partial charge in [0, 0.05) is 31.9 Å².